The van der Waals surface area contributed by atoms with Gasteiger partial charge >= 0.3 is 0 Å². The molecule has 37 heavy (non-hydrogen) atoms. The highest BCUT2D eigenvalue weighted by Gasteiger charge is 2.25. The van der Waals surface area contributed by atoms with Gasteiger partial charge in [0, 0.05) is 37.1 Å². The summed E-state index contributed by atoms with van der Waals surface area (Å²) in [7, 11) is 0. The van der Waals surface area contributed by atoms with Crippen molar-refractivity contribution in [2.24, 2.45) is 5.73 Å². The quantitative estimate of drug-likeness (QED) is 0.297. The molecule has 1 saturated heterocycles. The van der Waals surface area contributed by atoms with Crippen LogP contribution in [0.25, 0.3) is 55.4 Å². The van der Waals surface area contributed by atoms with E-state index in [1.165, 1.54) is 11.3 Å². The van der Waals surface area contributed by atoms with E-state index in [9.17, 15) is 4.79 Å². The molecule has 6 aromatic rings. The van der Waals surface area contributed by atoms with Crippen LogP contribution in [0, 0.1) is 0 Å². The number of hydrogen-bond acceptors (Lipinski definition) is 10. The monoisotopic (exact) mass is 508 g/mol. The van der Waals surface area contributed by atoms with Gasteiger partial charge in [-0.05, 0) is 31.2 Å². The van der Waals surface area contributed by atoms with Gasteiger partial charge in [-0.25, -0.2) is 15.0 Å². The van der Waals surface area contributed by atoms with Crippen LogP contribution in [0.5, 0.6) is 0 Å². The number of H-pyrrole nitrogens is 2. The second-order valence-corrected chi connectivity index (χ2v) is 10.1. The molecular weight excluding hydrogens is 488 g/mol. The number of Topliss-reactive ketones (excluding diaryl/α,β-unsaturated/α-hetero) is 1. The first-order valence-corrected chi connectivity index (χ1v) is 12.5. The number of nitrogens with zero attached hydrogens (tertiary/aromatic N) is 7. The maximum absolute atomic E-state index is 11.8. The summed E-state index contributed by atoms with van der Waals surface area (Å²) in [6.07, 6.45) is 6.95. The van der Waals surface area contributed by atoms with Crippen molar-refractivity contribution in [3.05, 3.63) is 53.9 Å². The SMILES string of the molecule is CC(=O)c1ccc(-c2nccc3[nH]c(-c4n[nH]c5ncc(-c6cncc(N7CC(N)C7)n6)cc45)nc23)s1. The van der Waals surface area contributed by atoms with Gasteiger partial charge in [0.2, 0.25) is 0 Å². The summed E-state index contributed by atoms with van der Waals surface area (Å²) in [5.74, 6) is 1.42. The molecule has 4 N–H and O–H groups in total. The average Bonchev–Trinajstić information content (AvgIpc) is 3.64. The van der Waals surface area contributed by atoms with Crippen molar-refractivity contribution < 1.29 is 4.79 Å². The second-order valence-electron chi connectivity index (χ2n) is 8.98. The number of nitrogens with one attached hydrogen (secondary N) is 2. The second kappa shape index (κ2) is 8.25. The molecule has 0 spiro atoms. The van der Waals surface area contributed by atoms with E-state index in [0.717, 1.165) is 45.9 Å². The number of fused-ring (bicyclic) bond motifs is 2. The summed E-state index contributed by atoms with van der Waals surface area (Å²) in [6, 6.07) is 7.75. The predicted octanol–water partition coefficient (Wildman–Crippen LogP) is 3.43. The standard InChI is InChI=1S/C25H20N10OS/c1-12(36)18-2-3-19(37-18)23-22-16(4-5-28-23)31-25(32-22)21-15-6-13(7-29-24(15)34-33-21)17-8-27-9-20(30-17)35-10-14(26)11-35/h2-9,14H,10-11,26H2,1H3,(H,31,32)(H,29,33,34). The van der Waals surface area contributed by atoms with E-state index in [0.29, 0.717) is 33.3 Å². The molecule has 0 aromatic carbocycles. The lowest BCUT2D eigenvalue weighted by Crippen LogP contribution is -2.56. The highest BCUT2D eigenvalue weighted by molar-refractivity contribution is 7.17. The van der Waals surface area contributed by atoms with Crippen molar-refractivity contribution in [3.63, 3.8) is 0 Å². The molecule has 0 saturated carbocycles. The zero-order valence-corrected chi connectivity index (χ0v) is 20.5. The third kappa shape index (κ3) is 3.65. The van der Waals surface area contributed by atoms with Crippen molar-refractivity contribution in [2.45, 2.75) is 13.0 Å². The fraction of sp³-hybridized carbons (Fsp3) is 0.160. The molecule has 12 heteroatoms. The molecule has 7 heterocycles. The Morgan fingerprint density at radius 1 is 1.11 bits per heavy atom. The summed E-state index contributed by atoms with van der Waals surface area (Å²) in [6.45, 7) is 3.10. The van der Waals surface area contributed by atoms with E-state index in [4.69, 9.17) is 15.7 Å². The summed E-state index contributed by atoms with van der Waals surface area (Å²) >= 11 is 1.41. The van der Waals surface area contributed by atoms with Crippen LogP contribution in [0.1, 0.15) is 16.6 Å². The number of rotatable bonds is 5. The van der Waals surface area contributed by atoms with Crippen molar-refractivity contribution in [3.8, 4) is 33.3 Å². The Kier molecular flexibility index (Phi) is 4.84. The maximum atomic E-state index is 11.8. The third-order valence-electron chi connectivity index (χ3n) is 6.38. The number of hydrogen-bond donors (Lipinski definition) is 3. The molecule has 6 aromatic heterocycles. The van der Waals surface area contributed by atoms with Crippen LogP contribution >= 0.6 is 11.3 Å². The smallest absolute Gasteiger partial charge is 0.169 e. The highest BCUT2D eigenvalue weighted by atomic mass is 32.1. The number of thiophene rings is 1. The lowest BCUT2D eigenvalue weighted by Gasteiger charge is -2.37. The van der Waals surface area contributed by atoms with Crippen LogP contribution in [-0.2, 0) is 0 Å². The van der Waals surface area contributed by atoms with E-state index in [2.05, 4.69) is 35.0 Å². The molecule has 0 bridgehead atoms. The van der Waals surface area contributed by atoms with E-state index in [1.54, 1.807) is 31.7 Å². The number of pyridine rings is 2. The van der Waals surface area contributed by atoms with Gasteiger partial charge in [-0.3, -0.25) is 19.9 Å². The molecule has 7 rings (SSSR count). The summed E-state index contributed by atoms with van der Waals surface area (Å²) in [5.41, 5.74) is 11.0. The van der Waals surface area contributed by atoms with Gasteiger partial charge < -0.3 is 15.6 Å². The molecule has 182 valence electrons. The number of aromatic nitrogens is 8. The molecule has 0 unspecified atom stereocenters. The van der Waals surface area contributed by atoms with E-state index in [1.807, 2.05) is 24.3 Å². The molecule has 1 aliphatic heterocycles. The van der Waals surface area contributed by atoms with Gasteiger partial charge in [0.15, 0.2) is 17.3 Å². The maximum Gasteiger partial charge on any atom is 0.169 e. The van der Waals surface area contributed by atoms with Crippen molar-refractivity contribution in [1.82, 2.24) is 40.1 Å². The zero-order valence-electron chi connectivity index (χ0n) is 19.6. The number of carbonyl (C=O) groups is 1. The van der Waals surface area contributed by atoms with Crippen LogP contribution in [0.15, 0.2) is 49.1 Å². The van der Waals surface area contributed by atoms with Gasteiger partial charge in [-0.2, -0.15) is 5.10 Å². The van der Waals surface area contributed by atoms with E-state index in [-0.39, 0.29) is 11.8 Å². The minimum atomic E-state index is 0.0288. The Morgan fingerprint density at radius 2 is 2.00 bits per heavy atom. The number of ketones is 1. The Bertz CT molecular complexity index is 1810. The van der Waals surface area contributed by atoms with Crippen molar-refractivity contribution in [1.29, 1.82) is 0 Å². The lowest BCUT2D eigenvalue weighted by molar-refractivity contribution is 0.102. The lowest BCUT2D eigenvalue weighted by atomic mass is 10.1. The van der Waals surface area contributed by atoms with Crippen LogP contribution in [0.3, 0.4) is 0 Å². The molecule has 0 radical (unpaired) electrons. The number of nitrogens with two attached hydrogens (primary N) is 1. The first-order valence-electron chi connectivity index (χ1n) is 11.7. The number of carbonyl (C=O) groups excluding carboxylic acids is 1. The fourth-order valence-corrected chi connectivity index (χ4v) is 5.35. The highest BCUT2D eigenvalue weighted by Crippen LogP contribution is 2.34. The number of imidazole rings is 1. The molecule has 1 fully saturated rings. The number of anilines is 1. The Labute approximate surface area is 213 Å². The fourth-order valence-electron chi connectivity index (χ4n) is 4.45. The Hall–Kier alpha value is -4.55. The summed E-state index contributed by atoms with van der Waals surface area (Å²) < 4.78 is 0. The summed E-state index contributed by atoms with van der Waals surface area (Å²) in [5, 5.41) is 8.30. The molecule has 0 atom stereocenters. The Balaban J connectivity index is 1.29. The normalized spacial score (nSPS) is 13.9. The minimum Gasteiger partial charge on any atom is -0.352 e. The average molecular weight is 509 g/mol. The zero-order chi connectivity index (χ0) is 25.1. The van der Waals surface area contributed by atoms with Crippen molar-refractivity contribution in [2.75, 3.05) is 18.0 Å². The van der Waals surface area contributed by atoms with Gasteiger partial charge in [0.1, 0.15) is 22.7 Å². The molecule has 1 aliphatic rings. The first-order chi connectivity index (χ1) is 18.0. The topological polar surface area (TPSA) is 155 Å². The van der Waals surface area contributed by atoms with Gasteiger partial charge in [-0.1, -0.05) is 0 Å². The third-order valence-corrected chi connectivity index (χ3v) is 7.57. The van der Waals surface area contributed by atoms with Crippen LogP contribution in [0.4, 0.5) is 5.82 Å². The largest absolute Gasteiger partial charge is 0.352 e. The Morgan fingerprint density at radius 3 is 2.81 bits per heavy atom. The van der Waals surface area contributed by atoms with E-state index >= 15 is 0 Å². The molecular formula is C25H20N10OS. The van der Waals surface area contributed by atoms with Crippen LogP contribution < -0.4 is 10.6 Å². The molecule has 0 aliphatic carbocycles. The number of aromatic amines is 2. The minimum absolute atomic E-state index is 0.0288. The van der Waals surface area contributed by atoms with Crippen LogP contribution in [-0.4, -0.2) is 65.0 Å². The van der Waals surface area contributed by atoms with Gasteiger partial charge in [0.25, 0.3) is 0 Å². The van der Waals surface area contributed by atoms with Gasteiger partial charge in [0.05, 0.1) is 38.7 Å². The van der Waals surface area contributed by atoms with Gasteiger partial charge in [-0.15, -0.1) is 11.3 Å². The van der Waals surface area contributed by atoms with Crippen molar-refractivity contribution >= 4 is 45.0 Å². The molecule has 11 nitrogen and oxygen atoms in total. The summed E-state index contributed by atoms with van der Waals surface area (Å²) in [4.78, 5) is 41.9. The van der Waals surface area contributed by atoms with Crippen LogP contribution in [0.2, 0.25) is 0 Å². The molecule has 0 amide bonds. The predicted molar refractivity (Wildman–Crippen MR) is 141 cm³/mol. The van der Waals surface area contributed by atoms with E-state index < -0.39 is 0 Å². The first kappa shape index (κ1) is 21.7.